The summed E-state index contributed by atoms with van der Waals surface area (Å²) in [6.07, 6.45) is -1.57. The van der Waals surface area contributed by atoms with Crippen molar-refractivity contribution in [2.75, 3.05) is 13.1 Å². The van der Waals surface area contributed by atoms with E-state index in [0.717, 1.165) is 4.90 Å². The molecule has 2 aliphatic heterocycles. The van der Waals surface area contributed by atoms with E-state index in [1.807, 2.05) is 0 Å². The van der Waals surface area contributed by atoms with E-state index >= 15 is 0 Å². The fourth-order valence-electron chi connectivity index (χ4n) is 3.01. The normalized spacial score (nSPS) is 23.7. The Labute approximate surface area is 139 Å². The molecule has 128 valence electrons. The van der Waals surface area contributed by atoms with Crippen LogP contribution in [0, 0.1) is 0 Å². The Bertz CT molecular complexity index is 674. The molecule has 2 atom stereocenters. The molecular formula is C17H20N2O5. The molecule has 0 aliphatic carbocycles. The first kappa shape index (κ1) is 16.4. The minimum atomic E-state index is -1.00. The highest BCUT2D eigenvalue weighted by atomic mass is 16.6. The Hall–Kier alpha value is -2.41. The van der Waals surface area contributed by atoms with Gasteiger partial charge in [0.05, 0.1) is 29.8 Å². The Balaban J connectivity index is 1.78. The van der Waals surface area contributed by atoms with E-state index in [1.165, 1.54) is 4.90 Å². The Morgan fingerprint density at radius 2 is 1.67 bits per heavy atom. The van der Waals surface area contributed by atoms with Gasteiger partial charge in [-0.3, -0.25) is 14.5 Å². The van der Waals surface area contributed by atoms with Crippen molar-refractivity contribution in [2.24, 2.45) is 0 Å². The van der Waals surface area contributed by atoms with Crippen LogP contribution < -0.4 is 0 Å². The fraction of sp³-hybridized carbons (Fsp3) is 0.471. The van der Waals surface area contributed by atoms with Gasteiger partial charge in [-0.15, -0.1) is 0 Å². The number of carbonyl (C=O) groups is 3. The zero-order chi connectivity index (χ0) is 17.6. The number of aliphatic hydroxyl groups excluding tert-OH is 1. The van der Waals surface area contributed by atoms with E-state index in [-0.39, 0.29) is 13.1 Å². The van der Waals surface area contributed by atoms with Crippen LogP contribution in [-0.2, 0) is 4.74 Å². The second kappa shape index (κ2) is 5.59. The lowest BCUT2D eigenvalue weighted by Gasteiger charge is -2.25. The van der Waals surface area contributed by atoms with Gasteiger partial charge in [0.2, 0.25) is 0 Å². The number of benzene rings is 1. The first-order valence-corrected chi connectivity index (χ1v) is 7.82. The van der Waals surface area contributed by atoms with Gasteiger partial charge in [0, 0.05) is 6.54 Å². The van der Waals surface area contributed by atoms with Gasteiger partial charge in [-0.1, -0.05) is 12.1 Å². The number of hydrogen-bond donors (Lipinski definition) is 1. The molecule has 0 bridgehead atoms. The molecule has 1 aromatic carbocycles. The molecular weight excluding hydrogens is 312 g/mol. The van der Waals surface area contributed by atoms with E-state index in [1.54, 1.807) is 45.0 Å². The predicted molar refractivity (Wildman–Crippen MR) is 84.5 cm³/mol. The largest absolute Gasteiger partial charge is 0.444 e. The molecule has 2 aliphatic rings. The second-order valence-electron chi connectivity index (χ2n) is 7.05. The Morgan fingerprint density at radius 3 is 2.17 bits per heavy atom. The number of β-amino-alcohol motifs (C(OH)–C–C–N with tert-alkyl or cyclic N) is 1. The number of rotatable bonds is 1. The van der Waals surface area contributed by atoms with Crippen molar-refractivity contribution in [3.63, 3.8) is 0 Å². The van der Waals surface area contributed by atoms with Crippen molar-refractivity contribution in [1.82, 2.24) is 9.80 Å². The summed E-state index contributed by atoms with van der Waals surface area (Å²) in [7, 11) is 0. The zero-order valence-electron chi connectivity index (χ0n) is 13.9. The van der Waals surface area contributed by atoms with Gasteiger partial charge in [0.15, 0.2) is 0 Å². The number of aliphatic hydroxyl groups is 1. The molecule has 7 heteroatoms. The SMILES string of the molecule is CC(C)(C)OC(=O)N1C[C@H](O)[C@@H](N2C(=O)c3ccccc3C2=O)C1. The van der Waals surface area contributed by atoms with Crippen LogP contribution in [0.1, 0.15) is 41.5 Å². The minimum absolute atomic E-state index is 0.0208. The average Bonchev–Trinajstić information content (AvgIpc) is 2.98. The van der Waals surface area contributed by atoms with E-state index < -0.39 is 35.7 Å². The maximum atomic E-state index is 12.5. The molecule has 0 saturated carbocycles. The Kier molecular flexibility index (Phi) is 3.83. The summed E-state index contributed by atoms with van der Waals surface area (Å²) in [5.41, 5.74) is -0.00818. The van der Waals surface area contributed by atoms with E-state index in [4.69, 9.17) is 4.74 Å². The third-order valence-corrected chi connectivity index (χ3v) is 4.07. The monoisotopic (exact) mass is 332 g/mol. The molecule has 2 heterocycles. The number of fused-ring (bicyclic) bond motifs is 1. The summed E-state index contributed by atoms with van der Waals surface area (Å²) >= 11 is 0. The molecule has 1 saturated heterocycles. The lowest BCUT2D eigenvalue weighted by molar-refractivity contribution is 0.0267. The molecule has 0 spiro atoms. The number of imide groups is 1. The van der Waals surface area contributed by atoms with Crippen LogP contribution >= 0.6 is 0 Å². The van der Waals surface area contributed by atoms with Gasteiger partial charge in [0.25, 0.3) is 11.8 Å². The highest BCUT2D eigenvalue weighted by Gasteiger charge is 2.47. The predicted octanol–water partition coefficient (Wildman–Crippen LogP) is 1.26. The number of nitrogens with zero attached hydrogens (tertiary/aromatic N) is 2. The lowest BCUT2D eigenvalue weighted by Crippen LogP contribution is -2.47. The van der Waals surface area contributed by atoms with Crippen LogP contribution in [0.5, 0.6) is 0 Å². The average molecular weight is 332 g/mol. The van der Waals surface area contributed by atoms with Gasteiger partial charge < -0.3 is 14.7 Å². The maximum absolute atomic E-state index is 12.5. The highest BCUT2D eigenvalue weighted by Crippen LogP contribution is 2.28. The minimum Gasteiger partial charge on any atom is -0.444 e. The van der Waals surface area contributed by atoms with Gasteiger partial charge in [-0.05, 0) is 32.9 Å². The number of carbonyl (C=O) groups excluding carboxylic acids is 3. The molecule has 7 nitrogen and oxygen atoms in total. The van der Waals surface area contributed by atoms with Crippen molar-refractivity contribution in [2.45, 2.75) is 38.5 Å². The molecule has 0 radical (unpaired) electrons. The van der Waals surface area contributed by atoms with E-state index in [0.29, 0.717) is 11.1 Å². The second-order valence-corrected chi connectivity index (χ2v) is 7.05. The van der Waals surface area contributed by atoms with Gasteiger partial charge >= 0.3 is 6.09 Å². The van der Waals surface area contributed by atoms with Crippen LogP contribution in [-0.4, -0.2) is 63.7 Å². The zero-order valence-corrected chi connectivity index (χ0v) is 13.9. The third-order valence-electron chi connectivity index (χ3n) is 4.07. The van der Waals surface area contributed by atoms with Crippen LogP contribution in [0.25, 0.3) is 0 Å². The summed E-state index contributed by atoms with van der Waals surface area (Å²) in [5.74, 6) is -0.878. The first-order valence-electron chi connectivity index (χ1n) is 7.82. The Morgan fingerprint density at radius 1 is 1.12 bits per heavy atom. The molecule has 0 aromatic heterocycles. The number of ether oxygens (including phenoxy) is 1. The highest BCUT2D eigenvalue weighted by molar-refractivity contribution is 6.21. The molecule has 0 unspecified atom stereocenters. The van der Waals surface area contributed by atoms with Gasteiger partial charge in [-0.25, -0.2) is 4.79 Å². The van der Waals surface area contributed by atoms with Crippen molar-refractivity contribution in [1.29, 1.82) is 0 Å². The van der Waals surface area contributed by atoms with Gasteiger partial charge in [-0.2, -0.15) is 0 Å². The number of amides is 3. The number of likely N-dealkylation sites (tertiary alicyclic amines) is 1. The lowest BCUT2D eigenvalue weighted by atomic mass is 10.1. The molecule has 1 N–H and O–H groups in total. The van der Waals surface area contributed by atoms with Crippen molar-refractivity contribution < 1.29 is 24.2 Å². The summed E-state index contributed by atoms with van der Waals surface area (Å²) in [6, 6.07) is 5.77. The summed E-state index contributed by atoms with van der Waals surface area (Å²) in [6.45, 7) is 5.33. The van der Waals surface area contributed by atoms with Gasteiger partial charge in [0.1, 0.15) is 5.60 Å². The third kappa shape index (κ3) is 2.75. The van der Waals surface area contributed by atoms with E-state index in [9.17, 15) is 19.5 Å². The van der Waals surface area contributed by atoms with Crippen LogP contribution in [0.3, 0.4) is 0 Å². The van der Waals surface area contributed by atoms with Crippen molar-refractivity contribution in [3.8, 4) is 0 Å². The number of hydrogen-bond acceptors (Lipinski definition) is 5. The molecule has 3 rings (SSSR count). The topological polar surface area (TPSA) is 87.2 Å². The van der Waals surface area contributed by atoms with Crippen LogP contribution in [0.2, 0.25) is 0 Å². The van der Waals surface area contributed by atoms with Crippen LogP contribution in [0.15, 0.2) is 24.3 Å². The molecule has 3 amide bonds. The van der Waals surface area contributed by atoms with Crippen molar-refractivity contribution >= 4 is 17.9 Å². The van der Waals surface area contributed by atoms with E-state index in [2.05, 4.69) is 0 Å². The molecule has 1 fully saturated rings. The summed E-state index contributed by atoms with van der Waals surface area (Å²) < 4.78 is 5.28. The van der Waals surface area contributed by atoms with Crippen molar-refractivity contribution in [3.05, 3.63) is 35.4 Å². The molecule has 1 aromatic rings. The standard InChI is InChI=1S/C17H20N2O5/c1-17(2,3)24-16(23)18-8-12(13(20)9-18)19-14(21)10-6-4-5-7-11(10)15(19)22/h4-7,12-13,20H,8-9H2,1-3H3/t12-,13-/m0/s1. The smallest absolute Gasteiger partial charge is 0.410 e. The quantitative estimate of drug-likeness (QED) is 0.783. The summed E-state index contributed by atoms with van der Waals surface area (Å²) in [5, 5.41) is 10.3. The van der Waals surface area contributed by atoms with Crippen LogP contribution in [0.4, 0.5) is 4.79 Å². The molecule has 24 heavy (non-hydrogen) atoms. The first-order chi connectivity index (χ1) is 11.2. The fourth-order valence-corrected chi connectivity index (χ4v) is 3.01. The summed E-state index contributed by atoms with van der Waals surface area (Å²) in [4.78, 5) is 39.5. The maximum Gasteiger partial charge on any atom is 0.410 e.